The maximum atomic E-state index is 12.6. The zero-order chi connectivity index (χ0) is 23.6. The molecule has 0 radical (unpaired) electrons. The van der Waals surface area contributed by atoms with Crippen LogP contribution in [0.4, 0.5) is 5.82 Å². The van der Waals surface area contributed by atoms with Crippen LogP contribution in [-0.2, 0) is 14.6 Å². The molecule has 2 aromatic carbocycles. The normalized spacial score (nSPS) is 11.6. The van der Waals surface area contributed by atoms with E-state index in [0.29, 0.717) is 29.0 Å². The first-order chi connectivity index (χ1) is 15.8. The minimum atomic E-state index is -3.56. The predicted molar refractivity (Wildman–Crippen MR) is 129 cm³/mol. The summed E-state index contributed by atoms with van der Waals surface area (Å²) in [6, 6.07) is 14.0. The number of aryl methyl sites for hydroxylation is 2. The fourth-order valence-electron chi connectivity index (χ4n) is 3.30. The van der Waals surface area contributed by atoms with Crippen molar-refractivity contribution in [2.75, 3.05) is 17.7 Å². The monoisotopic (exact) mass is 484 g/mol. The van der Waals surface area contributed by atoms with Crippen molar-refractivity contribution >= 4 is 43.1 Å². The van der Waals surface area contributed by atoms with Crippen molar-refractivity contribution in [1.82, 2.24) is 14.8 Å². The lowest BCUT2D eigenvalue weighted by Gasteiger charge is -2.07. The molecule has 2 aromatic heterocycles. The molecule has 4 rings (SSSR count). The maximum Gasteiger partial charge on any atom is 0.226 e. The summed E-state index contributed by atoms with van der Waals surface area (Å²) in [6.07, 6.45) is -0.172. The summed E-state index contributed by atoms with van der Waals surface area (Å²) in [6.45, 7) is 6.14. The second-order valence-electron chi connectivity index (χ2n) is 7.55. The van der Waals surface area contributed by atoms with Crippen LogP contribution < -0.4 is 10.1 Å². The molecule has 33 heavy (non-hydrogen) atoms. The Bertz CT molecular complexity index is 1410. The van der Waals surface area contributed by atoms with Gasteiger partial charge in [-0.2, -0.15) is 9.78 Å². The van der Waals surface area contributed by atoms with E-state index in [4.69, 9.17) is 4.74 Å². The van der Waals surface area contributed by atoms with Crippen molar-refractivity contribution in [3.05, 3.63) is 59.8 Å². The Labute approximate surface area is 196 Å². The van der Waals surface area contributed by atoms with Gasteiger partial charge in [0.05, 0.1) is 27.6 Å². The number of fused-ring (bicyclic) bond motifs is 1. The fraction of sp³-hybridized carbons (Fsp3) is 0.261. The molecule has 10 heteroatoms. The van der Waals surface area contributed by atoms with Gasteiger partial charge in [-0.3, -0.25) is 4.79 Å². The van der Waals surface area contributed by atoms with Gasteiger partial charge in [0.1, 0.15) is 17.1 Å². The van der Waals surface area contributed by atoms with Crippen molar-refractivity contribution < 1.29 is 17.9 Å². The number of benzene rings is 2. The van der Waals surface area contributed by atoms with Crippen LogP contribution in [0.15, 0.2) is 53.4 Å². The quantitative estimate of drug-likeness (QED) is 0.400. The number of carbonyl (C=O) groups is 1. The molecule has 1 N–H and O–H groups in total. The lowest BCUT2D eigenvalue weighted by atomic mass is 10.2. The number of aromatic nitrogens is 3. The van der Waals surface area contributed by atoms with E-state index in [1.807, 2.05) is 39.0 Å². The summed E-state index contributed by atoms with van der Waals surface area (Å²) in [5.74, 6) is 0.423. The smallest absolute Gasteiger partial charge is 0.226 e. The summed E-state index contributed by atoms with van der Waals surface area (Å²) < 4.78 is 33.3. The van der Waals surface area contributed by atoms with E-state index in [1.54, 1.807) is 35.0 Å². The summed E-state index contributed by atoms with van der Waals surface area (Å²) in [7, 11) is -3.56. The number of nitrogens with zero attached hydrogens (tertiary/aromatic N) is 3. The Morgan fingerprint density at radius 1 is 1.15 bits per heavy atom. The number of para-hydroxylation sites is 1. The average Bonchev–Trinajstić information content (AvgIpc) is 3.36. The Morgan fingerprint density at radius 2 is 1.91 bits per heavy atom. The first-order valence-electron chi connectivity index (χ1n) is 10.5. The molecule has 2 heterocycles. The highest BCUT2D eigenvalue weighted by atomic mass is 32.2. The molecule has 0 atom stereocenters. The van der Waals surface area contributed by atoms with Crippen LogP contribution in [0.5, 0.6) is 5.75 Å². The number of carbonyl (C=O) groups excluding carboxylic acids is 1. The van der Waals surface area contributed by atoms with Crippen molar-refractivity contribution in [2.24, 2.45) is 0 Å². The van der Waals surface area contributed by atoms with Crippen LogP contribution in [0, 0.1) is 13.8 Å². The molecule has 1 amide bonds. The summed E-state index contributed by atoms with van der Waals surface area (Å²) >= 11 is 1.42. The van der Waals surface area contributed by atoms with Gasteiger partial charge >= 0.3 is 0 Å². The second kappa shape index (κ2) is 9.32. The summed E-state index contributed by atoms with van der Waals surface area (Å²) in [4.78, 5) is 17.5. The van der Waals surface area contributed by atoms with E-state index in [2.05, 4.69) is 15.4 Å². The zero-order valence-electron chi connectivity index (χ0n) is 18.5. The first-order valence-corrected chi connectivity index (χ1v) is 12.9. The Balaban J connectivity index is 1.52. The van der Waals surface area contributed by atoms with Crippen molar-refractivity contribution in [3.8, 4) is 10.9 Å². The maximum absolute atomic E-state index is 12.6. The van der Waals surface area contributed by atoms with E-state index in [9.17, 15) is 13.2 Å². The van der Waals surface area contributed by atoms with Crippen molar-refractivity contribution in [3.63, 3.8) is 0 Å². The van der Waals surface area contributed by atoms with E-state index in [-0.39, 0.29) is 17.1 Å². The molecule has 0 aliphatic carbocycles. The van der Waals surface area contributed by atoms with Gasteiger partial charge in [0, 0.05) is 12.5 Å². The molecule has 0 saturated carbocycles. The van der Waals surface area contributed by atoms with E-state index in [0.717, 1.165) is 15.8 Å². The molecule has 172 valence electrons. The van der Waals surface area contributed by atoms with Crippen LogP contribution in [0.25, 0.3) is 15.3 Å². The van der Waals surface area contributed by atoms with E-state index in [1.165, 1.54) is 11.3 Å². The van der Waals surface area contributed by atoms with E-state index >= 15 is 0 Å². The molecular formula is C23H24N4O4S2. The van der Waals surface area contributed by atoms with Crippen LogP contribution in [0.1, 0.15) is 24.6 Å². The molecular weight excluding hydrogens is 460 g/mol. The molecule has 0 spiro atoms. The van der Waals surface area contributed by atoms with Crippen LogP contribution in [-0.4, -0.2) is 41.4 Å². The first kappa shape index (κ1) is 22.9. The topological polar surface area (TPSA) is 103 Å². The summed E-state index contributed by atoms with van der Waals surface area (Å²) in [5.41, 5.74) is 2.40. The number of ether oxygens (including phenoxy) is 1. The molecule has 0 aliphatic rings. The lowest BCUT2D eigenvalue weighted by molar-refractivity contribution is -0.115. The van der Waals surface area contributed by atoms with Gasteiger partial charge in [-0.1, -0.05) is 35.1 Å². The molecule has 0 saturated heterocycles. The lowest BCUT2D eigenvalue weighted by Crippen LogP contribution is -2.19. The third-order valence-electron chi connectivity index (χ3n) is 4.93. The Hall–Kier alpha value is -3.24. The number of sulfone groups is 1. The number of anilines is 1. The van der Waals surface area contributed by atoms with Crippen LogP contribution in [0.2, 0.25) is 0 Å². The second-order valence-corrected chi connectivity index (χ2v) is 10.7. The zero-order valence-corrected chi connectivity index (χ0v) is 20.2. The third-order valence-corrected chi connectivity index (χ3v) is 7.66. The average molecular weight is 485 g/mol. The van der Waals surface area contributed by atoms with Gasteiger partial charge in [0.25, 0.3) is 0 Å². The highest BCUT2D eigenvalue weighted by molar-refractivity contribution is 7.91. The number of hydrogen-bond donors (Lipinski definition) is 1. The number of rotatable bonds is 8. The van der Waals surface area contributed by atoms with Crippen molar-refractivity contribution in [1.29, 1.82) is 0 Å². The number of nitrogens with one attached hydrogen (secondary N) is 1. The van der Waals surface area contributed by atoms with Gasteiger partial charge in [-0.25, -0.2) is 13.4 Å². The number of thiazole rings is 1. The number of hydrogen-bond acceptors (Lipinski definition) is 7. The standard InChI is InChI=1S/C23H24N4O4S2/c1-4-31-18-6-5-7-19-22(18)25-23(32-19)27-20(14-16(3)26-27)24-21(28)12-13-33(29,30)17-10-8-15(2)9-11-17/h5-11,14H,4,12-13H2,1-3H3,(H,24,28). The minimum Gasteiger partial charge on any atom is -0.492 e. The minimum absolute atomic E-state index is 0.172. The van der Waals surface area contributed by atoms with Gasteiger partial charge in [0.15, 0.2) is 9.84 Å². The van der Waals surface area contributed by atoms with Gasteiger partial charge in [-0.15, -0.1) is 0 Å². The predicted octanol–water partition coefficient (Wildman–Crippen LogP) is 4.30. The van der Waals surface area contributed by atoms with E-state index < -0.39 is 15.7 Å². The molecule has 0 aliphatic heterocycles. The third kappa shape index (κ3) is 5.07. The number of amides is 1. The molecule has 0 unspecified atom stereocenters. The molecule has 0 fully saturated rings. The Kier molecular flexibility index (Phi) is 6.48. The van der Waals surface area contributed by atoms with Crippen LogP contribution in [0.3, 0.4) is 0 Å². The fourth-order valence-corrected chi connectivity index (χ4v) is 5.49. The SMILES string of the molecule is CCOc1cccc2sc(-n3nc(C)cc3NC(=O)CCS(=O)(=O)c3ccc(C)cc3)nc12. The van der Waals surface area contributed by atoms with Gasteiger partial charge < -0.3 is 10.1 Å². The summed E-state index contributed by atoms with van der Waals surface area (Å²) in [5, 5.41) is 7.82. The Morgan fingerprint density at radius 3 is 2.64 bits per heavy atom. The molecule has 0 bridgehead atoms. The van der Waals surface area contributed by atoms with Crippen LogP contribution >= 0.6 is 11.3 Å². The highest BCUT2D eigenvalue weighted by Crippen LogP contribution is 2.32. The van der Waals surface area contributed by atoms with Gasteiger partial charge in [-0.05, 0) is 45.0 Å². The largest absolute Gasteiger partial charge is 0.492 e. The molecule has 4 aromatic rings. The molecule has 8 nitrogen and oxygen atoms in total. The van der Waals surface area contributed by atoms with Crippen molar-refractivity contribution in [2.45, 2.75) is 32.1 Å². The van der Waals surface area contributed by atoms with Gasteiger partial charge in [0.2, 0.25) is 11.0 Å². The highest BCUT2D eigenvalue weighted by Gasteiger charge is 2.19.